The Hall–Kier alpha value is -3.76. The molecular weight excluding hydrogens is 828 g/mol. The summed E-state index contributed by atoms with van der Waals surface area (Å²) in [5, 5.41) is 60.7. The van der Waals surface area contributed by atoms with Crippen molar-refractivity contribution in [2.45, 2.75) is 106 Å². The molecule has 318 valence electrons. The van der Waals surface area contributed by atoms with E-state index >= 15 is 0 Å². The second kappa shape index (κ2) is 22.0. The minimum absolute atomic E-state index is 0.0203. The van der Waals surface area contributed by atoms with Crippen LogP contribution in [0.5, 0.6) is 28.7 Å². The van der Waals surface area contributed by atoms with Gasteiger partial charge in [0.2, 0.25) is 20.0 Å². The maximum absolute atomic E-state index is 13.7. The molecule has 4 rings (SSSR count). The van der Waals surface area contributed by atoms with Gasteiger partial charge in [-0.15, -0.1) is 0 Å². The SMILES string of the molecule is CCCCCCCCN(CC(O)c1cccc(CCCCCCCN(Cc2cc(Cl)c(O)c(Cl)c2)S(=O)(=O)c2ccc(O)c(O)c2)c1)S(=O)(=O)c1ccc(O)c(O)c1. The molecule has 12 nitrogen and oxygen atoms in total. The van der Waals surface area contributed by atoms with Crippen molar-refractivity contribution in [3.05, 3.63) is 99.5 Å². The molecule has 0 heterocycles. The van der Waals surface area contributed by atoms with Crippen molar-refractivity contribution >= 4 is 43.2 Å². The highest BCUT2D eigenvalue weighted by molar-refractivity contribution is 7.89. The molecule has 4 aromatic carbocycles. The second-order valence-electron chi connectivity index (χ2n) is 14.5. The molecule has 0 saturated carbocycles. The number of unbranched alkanes of at least 4 members (excludes halogenated alkanes) is 9. The average molecular weight is 882 g/mol. The molecule has 0 fully saturated rings. The molecule has 16 heteroatoms. The van der Waals surface area contributed by atoms with Gasteiger partial charge in [-0.25, -0.2) is 16.8 Å². The molecule has 1 atom stereocenters. The first kappa shape index (κ1) is 46.9. The van der Waals surface area contributed by atoms with E-state index in [1.807, 2.05) is 18.2 Å². The van der Waals surface area contributed by atoms with Crippen LogP contribution in [-0.2, 0) is 33.0 Å². The number of benzene rings is 4. The quantitative estimate of drug-likeness (QED) is 0.0292. The molecule has 0 aromatic heterocycles. The van der Waals surface area contributed by atoms with Gasteiger partial charge in [0.05, 0.1) is 25.9 Å². The number of rotatable bonds is 24. The number of halogens is 2. The maximum Gasteiger partial charge on any atom is 0.243 e. The largest absolute Gasteiger partial charge is 0.505 e. The van der Waals surface area contributed by atoms with E-state index < -0.39 is 49.1 Å². The number of aryl methyl sites for hydroxylation is 1. The Morgan fingerprint density at radius 1 is 0.569 bits per heavy atom. The smallest absolute Gasteiger partial charge is 0.243 e. The molecule has 0 spiro atoms. The maximum atomic E-state index is 13.7. The number of nitrogens with zero attached hydrogens (tertiary/aromatic N) is 2. The van der Waals surface area contributed by atoms with E-state index in [2.05, 4.69) is 6.92 Å². The Kier molecular flexibility index (Phi) is 17.8. The normalized spacial score (nSPS) is 12.7. The van der Waals surface area contributed by atoms with Gasteiger partial charge in [-0.2, -0.15) is 8.61 Å². The lowest BCUT2D eigenvalue weighted by Crippen LogP contribution is -2.35. The van der Waals surface area contributed by atoms with Gasteiger partial charge in [0.1, 0.15) is 0 Å². The van der Waals surface area contributed by atoms with E-state index in [0.29, 0.717) is 36.8 Å². The van der Waals surface area contributed by atoms with Crippen LogP contribution in [0.1, 0.15) is 100 Å². The molecule has 58 heavy (non-hydrogen) atoms. The lowest BCUT2D eigenvalue weighted by atomic mass is 10.0. The lowest BCUT2D eigenvalue weighted by Gasteiger charge is -2.25. The van der Waals surface area contributed by atoms with E-state index in [9.17, 15) is 47.5 Å². The second-order valence-corrected chi connectivity index (χ2v) is 19.1. The van der Waals surface area contributed by atoms with Gasteiger partial charge >= 0.3 is 0 Å². The van der Waals surface area contributed by atoms with Crippen molar-refractivity contribution in [2.24, 2.45) is 0 Å². The molecule has 0 aliphatic rings. The van der Waals surface area contributed by atoms with E-state index in [1.165, 1.54) is 32.9 Å². The molecule has 1 unspecified atom stereocenters. The van der Waals surface area contributed by atoms with Gasteiger partial charge in [0, 0.05) is 38.3 Å². The summed E-state index contributed by atoms with van der Waals surface area (Å²) in [6.45, 7) is 2.17. The zero-order chi connectivity index (χ0) is 42.5. The molecule has 0 aliphatic carbocycles. The molecule has 0 radical (unpaired) electrons. The summed E-state index contributed by atoms with van der Waals surface area (Å²) in [7, 11) is -8.23. The van der Waals surface area contributed by atoms with Crippen molar-refractivity contribution < 1.29 is 47.5 Å². The first-order valence-electron chi connectivity index (χ1n) is 19.5. The fourth-order valence-electron chi connectivity index (χ4n) is 6.60. The van der Waals surface area contributed by atoms with Crippen molar-refractivity contribution in [1.82, 2.24) is 8.61 Å². The Bertz CT molecular complexity index is 2170. The van der Waals surface area contributed by atoms with Crippen molar-refractivity contribution in [1.29, 1.82) is 0 Å². The number of phenolic OH excluding ortho intramolecular Hbond substituents is 5. The molecule has 0 saturated heterocycles. The fraction of sp³-hybridized carbons (Fsp3) is 0.429. The lowest BCUT2D eigenvalue weighted by molar-refractivity contribution is 0.146. The number of phenols is 5. The van der Waals surface area contributed by atoms with Crippen LogP contribution in [0.25, 0.3) is 0 Å². The average Bonchev–Trinajstić information content (AvgIpc) is 3.18. The van der Waals surface area contributed by atoms with Crippen LogP contribution in [0, 0.1) is 0 Å². The number of aliphatic hydroxyl groups is 1. The third kappa shape index (κ3) is 13.1. The summed E-state index contributed by atoms with van der Waals surface area (Å²) in [4.78, 5) is -0.371. The standard InChI is InChI=1S/C42H54Cl2N2O10S2/c1-2-3-4-5-8-12-22-46(58(55,56)34-18-20-38(48)40(50)27-34)29-41(51)32-16-13-15-30(23-32)14-10-7-6-9-11-21-45(28-31-24-35(43)42(52)36(44)25-31)57(53,54)33-17-19-37(47)39(49)26-33/h13,15-20,23-27,41,47-52H,2-12,14,21-22,28-29H2,1H3. The van der Waals surface area contributed by atoms with Crippen LogP contribution in [0.15, 0.2) is 82.6 Å². The van der Waals surface area contributed by atoms with E-state index in [0.717, 1.165) is 81.2 Å². The van der Waals surface area contributed by atoms with Gasteiger partial charge in [-0.05, 0) is 78.8 Å². The van der Waals surface area contributed by atoms with Gasteiger partial charge in [0.15, 0.2) is 28.7 Å². The van der Waals surface area contributed by atoms with Crippen LogP contribution in [0.2, 0.25) is 10.0 Å². The number of hydrogen-bond donors (Lipinski definition) is 6. The number of aliphatic hydroxyl groups excluding tert-OH is 1. The number of sulfonamides is 2. The van der Waals surface area contributed by atoms with Crippen molar-refractivity contribution in [2.75, 3.05) is 19.6 Å². The number of hydrogen-bond acceptors (Lipinski definition) is 10. The van der Waals surface area contributed by atoms with Crippen LogP contribution in [-0.4, -0.2) is 75.7 Å². The van der Waals surface area contributed by atoms with Crippen LogP contribution in [0.3, 0.4) is 0 Å². The van der Waals surface area contributed by atoms with Crippen molar-refractivity contribution in [3.8, 4) is 28.7 Å². The summed E-state index contributed by atoms with van der Waals surface area (Å²) < 4.78 is 57.2. The highest BCUT2D eigenvalue weighted by atomic mass is 35.5. The van der Waals surface area contributed by atoms with Crippen LogP contribution >= 0.6 is 23.2 Å². The third-order valence-corrected chi connectivity index (χ3v) is 14.2. The Balaban J connectivity index is 1.34. The van der Waals surface area contributed by atoms with Crippen LogP contribution in [0.4, 0.5) is 0 Å². The Morgan fingerprint density at radius 3 is 1.62 bits per heavy atom. The predicted octanol–water partition coefficient (Wildman–Crippen LogP) is 8.99. The molecule has 4 aromatic rings. The monoisotopic (exact) mass is 880 g/mol. The Labute approximate surface area is 352 Å². The predicted molar refractivity (Wildman–Crippen MR) is 226 cm³/mol. The van der Waals surface area contributed by atoms with Gasteiger partial charge in [-0.1, -0.05) is 106 Å². The van der Waals surface area contributed by atoms with Crippen LogP contribution < -0.4 is 0 Å². The molecule has 0 aliphatic heterocycles. The summed E-state index contributed by atoms with van der Waals surface area (Å²) in [6, 6.07) is 17.0. The van der Waals surface area contributed by atoms with Gasteiger partial charge in [0.25, 0.3) is 0 Å². The first-order chi connectivity index (χ1) is 27.5. The van der Waals surface area contributed by atoms with E-state index in [4.69, 9.17) is 23.2 Å². The highest BCUT2D eigenvalue weighted by Gasteiger charge is 2.29. The fourth-order valence-corrected chi connectivity index (χ4v) is 10.1. The third-order valence-electron chi connectivity index (χ3n) is 9.95. The van der Waals surface area contributed by atoms with Crippen molar-refractivity contribution in [3.63, 3.8) is 0 Å². The van der Waals surface area contributed by atoms with Gasteiger partial charge in [-0.3, -0.25) is 0 Å². The molecular formula is C42H54Cl2N2O10S2. The number of aromatic hydroxyl groups is 5. The Morgan fingerprint density at radius 2 is 1.07 bits per heavy atom. The summed E-state index contributed by atoms with van der Waals surface area (Å²) in [5.41, 5.74) is 2.01. The zero-order valence-electron chi connectivity index (χ0n) is 32.6. The first-order valence-corrected chi connectivity index (χ1v) is 23.2. The zero-order valence-corrected chi connectivity index (χ0v) is 35.7. The summed E-state index contributed by atoms with van der Waals surface area (Å²) in [6.07, 6.45) is 9.01. The van der Waals surface area contributed by atoms with E-state index in [-0.39, 0.29) is 51.8 Å². The minimum Gasteiger partial charge on any atom is -0.505 e. The highest BCUT2D eigenvalue weighted by Crippen LogP contribution is 2.35. The minimum atomic E-state index is -4.12. The molecule has 6 N–H and O–H groups in total. The summed E-state index contributed by atoms with van der Waals surface area (Å²) in [5.74, 6) is -2.29. The topological polar surface area (TPSA) is 196 Å². The van der Waals surface area contributed by atoms with Gasteiger partial charge < -0.3 is 30.6 Å². The molecule has 0 bridgehead atoms. The molecule has 0 amide bonds. The summed E-state index contributed by atoms with van der Waals surface area (Å²) >= 11 is 12.2. The van der Waals surface area contributed by atoms with E-state index in [1.54, 1.807) is 6.07 Å².